The summed E-state index contributed by atoms with van der Waals surface area (Å²) in [6.45, 7) is 2.99. The molecular weight excluding hydrogens is 385 g/mol. The van der Waals surface area contributed by atoms with Crippen LogP contribution in [0.2, 0.25) is 10.0 Å². The van der Waals surface area contributed by atoms with Gasteiger partial charge in [-0.3, -0.25) is 4.79 Å². The summed E-state index contributed by atoms with van der Waals surface area (Å²) in [6.07, 6.45) is 5.25. The van der Waals surface area contributed by atoms with Crippen molar-refractivity contribution >= 4 is 35.2 Å². The number of methoxy groups -OCH3 is 1. The summed E-state index contributed by atoms with van der Waals surface area (Å²) in [5, 5.41) is 3.94. The second-order valence-electron chi connectivity index (χ2n) is 5.88. The third-order valence-electron chi connectivity index (χ3n) is 3.88. The molecule has 0 heterocycles. The van der Waals surface area contributed by atoms with Crippen LogP contribution in [0.1, 0.15) is 30.9 Å². The number of benzene rings is 2. The molecule has 2 aromatic rings. The fourth-order valence-electron chi connectivity index (χ4n) is 2.35. The van der Waals surface area contributed by atoms with E-state index in [-0.39, 0.29) is 12.5 Å². The minimum Gasteiger partial charge on any atom is -0.493 e. The smallest absolute Gasteiger partial charge is 0.243 e. The molecular formula is C21H23Cl2NO3. The first-order chi connectivity index (χ1) is 13.0. The summed E-state index contributed by atoms with van der Waals surface area (Å²) in [5.74, 6) is 1.01. The Kier molecular flexibility index (Phi) is 8.49. The zero-order valence-electron chi connectivity index (χ0n) is 15.4. The Balaban J connectivity index is 2.04. The van der Waals surface area contributed by atoms with Crippen LogP contribution in [0.25, 0.3) is 6.08 Å². The first-order valence-electron chi connectivity index (χ1n) is 8.74. The molecule has 0 saturated heterocycles. The lowest BCUT2D eigenvalue weighted by Crippen LogP contribution is -2.21. The van der Waals surface area contributed by atoms with Gasteiger partial charge in [0.15, 0.2) is 11.5 Å². The zero-order chi connectivity index (χ0) is 19.6. The molecule has 0 saturated carbocycles. The van der Waals surface area contributed by atoms with Crippen molar-refractivity contribution < 1.29 is 14.3 Å². The topological polar surface area (TPSA) is 47.6 Å². The van der Waals surface area contributed by atoms with Crippen LogP contribution in [0.3, 0.4) is 0 Å². The van der Waals surface area contributed by atoms with E-state index in [1.807, 2.05) is 6.07 Å². The number of ether oxygens (including phenoxy) is 2. The van der Waals surface area contributed by atoms with E-state index in [2.05, 4.69) is 12.2 Å². The molecule has 0 unspecified atom stereocenters. The fraction of sp³-hybridized carbons (Fsp3) is 0.286. The number of amides is 1. The fourth-order valence-corrected chi connectivity index (χ4v) is 2.85. The lowest BCUT2D eigenvalue weighted by atomic mass is 10.2. The van der Waals surface area contributed by atoms with Crippen LogP contribution in [0.5, 0.6) is 11.5 Å². The molecule has 0 aliphatic rings. The van der Waals surface area contributed by atoms with Gasteiger partial charge in [-0.05, 0) is 42.3 Å². The highest BCUT2D eigenvalue weighted by Crippen LogP contribution is 2.31. The van der Waals surface area contributed by atoms with Crippen LogP contribution >= 0.6 is 23.2 Å². The van der Waals surface area contributed by atoms with Crippen LogP contribution in [0.4, 0.5) is 0 Å². The summed E-state index contributed by atoms with van der Waals surface area (Å²) >= 11 is 12.3. The van der Waals surface area contributed by atoms with Gasteiger partial charge in [-0.1, -0.05) is 48.7 Å². The van der Waals surface area contributed by atoms with Gasteiger partial charge in [-0.25, -0.2) is 0 Å². The van der Waals surface area contributed by atoms with Crippen LogP contribution in [0, 0.1) is 0 Å². The molecule has 144 valence electrons. The molecule has 27 heavy (non-hydrogen) atoms. The molecule has 0 bridgehead atoms. The molecule has 0 aliphatic heterocycles. The van der Waals surface area contributed by atoms with Crippen LogP contribution < -0.4 is 14.8 Å². The third-order valence-corrected chi connectivity index (χ3v) is 4.59. The van der Waals surface area contributed by atoms with E-state index in [0.29, 0.717) is 28.1 Å². The van der Waals surface area contributed by atoms with Crippen molar-refractivity contribution in [1.29, 1.82) is 0 Å². The minimum absolute atomic E-state index is 0.115. The second kappa shape index (κ2) is 10.9. The molecule has 0 aliphatic carbocycles. The van der Waals surface area contributed by atoms with Gasteiger partial charge in [0.25, 0.3) is 0 Å². The lowest BCUT2D eigenvalue weighted by Gasteiger charge is -2.13. The van der Waals surface area contributed by atoms with Gasteiger partial charge in [0.2, 0.25) is 5.91 Å². The van der Waals surface area contributed by atoms with Gasteiger partial charge in [-0.2, -0.15) is 0 Å². The SMILES string of the molecule is CCCCNC(=O)/C=C/c1ccc(OCc2c(Cl)cccc2Cl)c(OC)c1. The molecule has 2 rings (SSSR count). The molecule has 1 amide bonds. The van der Waals surface area contributed by atoms with Crippen LogP contribution in [-0.2, 0) is 11.4 Å². The number of halogens is 2. The highest BCUT2D eigenvalue weighted by molar-refractivity contribution is 6.35. The Labute approximate surface area is 170 Å². The number of unbranched alkanes of at least 4 members (excludes halogenated alkanes) is 1. The molecule has 1 N–H and O–H groups in total. The van der Waals surface area contributed by atoms with Crippen molar-refractivity contribution in [1.82, 2.24) is 5.32 Å². The third kappa shape index (κ3) is 6.49. The van der Waals surface area contributed by atoms with E-state index in [1.165, 1.54) is 6.08 Å². The number of hydrogen-bond acceptors (Lipinski definition) is 3. The van der Waals surface area contributed by atoms with Gasteiger partial charge in [0.1, 0.15) is 6.61 Å². The first kappa shape index (κ1) is 21.1. The van der Waals surface area contributed by atoms with Crippen molar-refractivity contribution in [3.8, 4) is 11.5 Å². The van der Waals surface area contributed by atoms with E-state index < -0.39 is 0 Å². The Morgan fingerprint density at radius 2 is 1.89 bits per heavy atom. The minimum atomic E-state index is -0.115. The van der Waals surface area contributed by atoms with Crippen molar-refractivity contribution in [3.63, 3.8) is 0 Å². The quantitative estimate of drug-likeness (QED) is 0.440. The molecule has 6 heteroatoms. The lowest BCUT2D eigenvalue weighted by molar-refractivity contribution is -0.116. The molecule has 4 nitrogen and oxygen atoms in total. The zero-order valence-corrected chi connectivity index (χ0v) is 16.9. The largest absolute Gasteiger partial charge is 0.493 e. The molecule has 0 radical (unpaired) electrons. The highest BCUT2D eigenvalue weighted by atomic mass is 35.5. The van der Waals surface area contributed by atoms with Crippen molar-refractivity contribution in [2.75, 3.05) is 13.7 Å². The molecule has 0 fully saturated rings. The maximum atomic E-state index is 11.8. The molecule has 2 aromatic carbocycles. The number of nitrogens with one attached hydrogen (secondary N) is 1. The van der Waals surface area contributed by atoms with Gasteiger partial charge >= 0.3 is 0 Å². The standard InChI is InChI=1S/C21H23Cl2NO3/c1-3-4-12-24-21(25)11-9-15-8-10-19(20(13-15)26-2)27-14-16-17(22)6-5-7-18(16)23/h5-11,13H,3-4,12,14H2,1-2H3,(H,24,25)/b11-9+. The van der Waals surface area contributed by atoms with Gasteiger partial charge in [0, 0.05) is 28.2 Å². The number of hydrogen-bond donors (Lipinski definition) is 1. The molecule has 0 spiro atoms. The predicted octanol–water partition coefficient (Wildman–Crippen LogP) is 5.51. The summed E-state index contributed by atoms with van der Waals surface area (Å²) < 4.78 is 11.2. The van der Waals surface area contributed by atoms with Crippen molar-refractivity contribution in [3.05, 3.63) is 63.6 Å². The van der Waals surface area contributed by atoms with Crippen molar-refractivity contribution in [2.45, 2.75) is 26.4 Å². The maximum Gasteiger partial charge on any atom is 0.243 e. The molecule has 0 atom stereocenters. The second-order valence-corrected chi connectivity index (χ2v) is 6.69. The monoisotopic (exact) mass is 407 g/mol. The number of rotatable bonds is 9. The summed E-state index contributed by atoms with van der Waals surface area (Å²) in [7, 11) is 1.57. The van der Waals surface area contributed by atoms with Gasteiger partial charge in [-0.15, -0.1) is 0 Å². The van der Waals surface area contributed by atoms with Crippen LogP contribution in [-0.4, -0.2) is 19.6 Å². The number of carbonyl (C=O) groups excluding carboxylic acids is 1. The normalized spacial score (nSPS) is 10.8. The summed E-state index contributed by atoms with van der Waals surface area (Å²) in [4.78, 5) is 11.8. The van der Waals surface area contributed by atoms with E-state index in [0.717, 1.165) is 24.0 Å². The van der Waals surface area contributed by atoms with Crippen LogP contribution in [0.15, 0.2) is 42.5 Å². The summed E-state index contributed by atoms with van der Waals surface area (Å²) in [6, 6.07) is 10.8. The van der Waals surface area contributed by atoms with Crippen molar-refractivity contribution in [2.24, 2.45) is 0 Å². The highest BCUT2D eigenvalue weighted by Gasteiger charge is 2.09. The molecule has 0 aromatic heterocycles. The average Bonchev–Trinajstić information content (AvgIpc) is 2.66. The first-order valence-corrected chi connectivity index (χ1v) is 9.50. The number of carbonyl (C=O) groups is 1. The van der Waals surface area contributed by atoms with E-state index >= 15 is 0 Å². The Hall–Kier alpha value is -2.17. The summed E-state index contributed by atoms with van der Waals surface area (Å²) in [5.41, 5.74) is 1.55. The van der Waals surface area contributed by atoms with E-state index in [1.54, 1.807) is 43.5 Å². The van der Waals surface area contributed by atoms with E-state index in [4.69, 9.17) is 32.7 Å². The Morgan fingerprint density at radius 1 is 1.15 bits per heavy atom. The Bertz CT molecular complexity index is 786. The Morgan fingerprint density at radius 3 is 2.56 bits per heavy atom. The van der Waals surface area contributed by atoms with Gasteiger partial charge in [0.05, 0.1) is 7.11 Å². The predicted molar refractivity (Wildman–Crippen MR) is 111 cm³/mol. The average molecular weight is 408 g/mol. The maximum absolute atomic E-state index is 11.8. The van der Waals surface area contributed by atoms with Gasteiger partial charge < -0.3 is 14.8 Å². The van der Waals surface area contributed by atoms with E-state index in [9.17, 15) is 4.79 Å².